The van der Waals surface area contributed by atoms with E-state index < -0.39 is 0 Å². The zero-order valence-corrected chi connectivity index (χ0v) is 18.6. The first-order valence-corrected chi connectivity index (χ1v) is 10.1. The van der Waals surface area contributed by atoms with Crippen molar-refractivity contribution in [2.24, 2.45) is 4.99 Å². The third-order valence-electron chi connectivity index (χ3n) is 4.22. The average molecular weight is 477 g/mol. The molecule has 1 aliphatic heterocycles. The molecule has 0 aliphatic carbocycles. The van der Waals surface area contributed by atoms with E-state index >= 15 is 0 Å². The number of guanidine groups is 1. The van der Waals surface area contributed by atoms with Crippen LogP contribution in [-0.4, -0.2) is 55.2 Å². The molecule has 1 aliphatic rings. The van der Waals surface area contributed by atoms with E-state index in [1.54, 1.807) is 0 Å². The van der Waals surface area contributed by atoms with Crippen LogP contribution < -0.4 is 5.32 Å². The molecule has 142 valence electrons. The second-order valence-electron chi connectivity index (χ2n) is 6.07. The molecule has 1 N–H and O–H groups in total. The van der Waals surface area contributed by atoms with Crippen LogP contribution in [0.3, 0.4) is 0 Å². The summed E-state index contributed by atoms with van der Waals surface area (Å²) in [4.78, 5) is 6.84. The highest BCUT2D eigenvalue weighted by Crippen LogP contribution is 2.20. The summed E-state index contributed by atoms with van der Waals surface area (Å²) in [5, 5.41) is 4.24. The zero-order valence-electron chi connectivity index (χ0n) is 15.4. The molecule has 1 unspecified atom stereocenters. The van der Waals surface area contributed by atoms with E-state index in [0.29, 0.717) is 6.61 Å². The molecular weight excluding hydrogens is 445 g/mol. The van der Waals surface area contributed by atoms with E-state index in [1.807, 2.05) is 13.1 Å². The second kappa shape index (κ2) is 13.7. The highest BCUT2D eigenvalue weighted by atomic mass is 127. The van der Waals surface area contributed by atoms with Gasteiger partial charge in [-0.25, -0.2) is 0 Å². The lowest BCUT2D eigenvalue weighted by atomic mass is 10.2. The molecule has 0 saturated carbocycles. The van der Waals surface area contributed by atoms with E-state index in [-0.39, 0.29) is 24.0 Å². The summed E-state index contributed by atoms with van der Waals surface area (Å²) in [5.41, 5.74) is 1.24. The first kappa shape index (κ1) is 22.6. The van der Waals surface area contributed by atoms with Gasteiger partial charge in [-0.05, 0) is 24.8 Å². The van der Waals surface area contributed by atoms with Gasteiger partial charge in [-0.15, -0.1) is 24.0 Å². The number of rotatable bonds is 8. The number of halogens is 1. The minimum atomic E-state index is 0. The Morgan fingerprint density at radius 1 is 1.32 bits per heavy atom. The van der Waals surface area contributed by atoms with Crippen molar-refractivity contribution in [1.82, 2.24) is 10.2 Å². The highest BCUT2D eigenvalue weighted by Gasteiger charge is 2.21. The van der Waals surface area contributed by atoms with Crippen LogP contribution in [0.15, 0.2) is 35.3 Å². The molecule has 1 saturated heterocycles. The third kappa shape index (κ3) is 8.64. The summed E-state index contributed by atoms with van der Waals surface area (Å²) in [7, 11) is 1.88. The van der Waals surface area contributed by atoms with E-state index in [2.05, 4.69) is 58.2 Å². The fourth-order valence-corrected chi connectivity index (χ4v) is 3.96. The maximum atomic E-state index is 5.73. The Bertz CT molecular complexity index is 487. The largest absolute Gasteiger partial charge is 0.377 e. The van der Waals surface area contributed by atoms with E-state index in [9.17, 15) is 0 Å². The normalized spacial score (nSPS) is 17.9. The topological polar surface area (TPSA) is 36.9 Å². The molecule has 1 aromatic rings. The molecule has 0 amide bonds. The van der Waals surface area contributed by atoms with Crippen molar-refractivity contribution in [1.29, 1.82) is 0 Å². The van der Waals surface area contributed by atoms with Crippen molar-refractivity contribution >= 4 is 41.7 Å². The van der Waals surface area contributed by atoms with Crippen molar-refractivity contribution in [2.75, 3.05) is 39.0 Å². The van der Waals surface area contributed by atoms with Gasteiger partial charge in [-0.1, -0.05) is 37.3 Å². The van der Waals surface area contributed by atoms with Crippen LogP contribution in [0.4, 0.5) is 0 Å². The Morgan fingerprint density at radius 2 is 2.12 bits per heavy atom. The molecule has 1 aromatic carbocycles. The second-order valence-corrected chi connectivity index (χ2v) is 7.47. The zero-order chi connectivity index (χ0) is 17.0. The fraction of sp³-hybridized carbons (Fsp3) is 0.632. The van der Waals surface area contributed by atoms with Gasteiger partial charge in [0.2, 0.25) is 0 Å². The van der Waals surface area contributed by atoms with Crippen LogP contribution in [-0.2, 0) is 11.3 Å². The molecule has 0 aromatic heterocycles. The lowest BCUT2D eigenvalue weighted by Gasteiger charge is -2.34. The molecule has 25 heavy (non-hydrogen) atoms. The molecule has 4 nitrogen and oxygen atoms in total. The minimum absolute atomic E-state index is 0. The molecule has 0 radical (unpaired) electrons. The average Bonchev–Trinajstić information content (AvgIpc) is 2.65. The molecule has 0 spiro atoms. The van der Waals surface area contributed by atoms with Crippen LogP contribution in [0.5, 0.6) is 0 Å². The first-order chi connectivity index (χ1) is 11.8. The third-order valence-corrected chi connectivity index (χ3v) is 5.59. The molecule has 0 bridgehead atoms. The van der Waals surface area contributed by atoms with Crippen LogP contribution in [0.2, 0.25) is 0 Å². The lowest BCUT2D eigenvalue weighted by Crippen LogP contribution is -2.48. The Hall–Kier alpha value is -0.470. The van der Waals surface area contributed by atoms with Gasteiger partial charge in [-0.2, -0.15) is 11.8 Å². The van der Waals surface area contributed by atoms with E-state index in [0.717, 1.165) is 50.3 Å². The smallest absolute Gasteiger partial charge is 0.193 e. The van der Waals surface area contributed by atoms with Crippen LogP contribution in [0.1, 0.15) is 31.7 Å². The van der Waals surface area contributed by atoms with Crippen LogP contribution in [0, 0.1) is 0 Å². The number of nitrogens with zero attached hydrogens (tertiary/aromatic N) is 2. The fourth-order valence-electron chi connectivity index (χ4n) is 2.78. The Labute approximate surface area is 174 Å². The number of hydrogen-bond acceptors (Lipinski definition) is 3. The van der Waals surface area contributed by atoms with Crippen molar-refractivity contribution in [3.05, 3.63) is 35.9 Å². The van der Waals surface area contributed by atoms with Gasteiger partial charge in [0, 0.05) is 44.3 Å². The first-order valence-electron chi connectivity index (χ1n) is 9.02. The van der Waals surface area contributed by atoms with Crippen LogP contribution >= 0.6 is 35.7 Å². The van der Waals surface area contributed by atoms with Crippen molar-refractivity contribution in [3.8, 4) is 0 Å². The molecule has 6 heteroatoms. The maximum absolute atomic E-state index is 5.73. The predicted octanol–water partition coefficient (Wildman–Crippen LogP) is 4.00. The van der Waals surface area contributed by atoms with Gasteiger partial charge in [0.15, 0.2) is 5.96 Å². The summed E-state index contributed by atoms with van der Waals surface area (Å²) in [6, 6.07) is 10.3. The number of benzene rings is 1. The summed E-state index contributed by atoms with van der Waals surface area (Å²) in [5.74, 6) is 2.26. The quantitative estimate of drug-likeness (QED) is 0.266. The summed E-state index contributed by atoms with van der Waals surface area (Å²) in [6.45, 7) is 6.96. The number of nitrogens with one attached hydrogen (secondary N) is 1. The summed E-state index contributed by atoms with van der Waals surface area (Å²) >= 11 is 2.09. The lowest BCUT2D eigenvalue weighted by molar-refractivity contribution is 0.117. The maximum Gasteiger partial charge on any atom is 0.193 e. The van der Waals surface area contributed by atoms with E-state index in [4.69, 9.17) is 4.74 Å². The summed E-state index contributed by atoms with van der Waals surface area (Å²) < 4.78 is 5.73. The van der Waals surface area contributed by atoms with Gasteiger partial charge in [0.1, 0.15) is 0 Å². The highest BCUT2D eigenvalue weighted by molar-refractivity contribution is 14.0. The summed E-state index contributed by atoms with van der Waals surface area (Å²) in [6.07, 6.45) is 3.41. The van der Waals surface area contributed by atoms with Gasteiger partial charge in [0.05, 0.1) is 6.61 Å². The number of unbranched alkanes of at least 4 members (excludes halogenated alkanes) is 1. The molecule has 1 atom stereocenters. The van der Waals surface area contributed by atoms with Gasteiger partial charge < -0.3 is 15.0 Å². The molecule has 2 rings (SSSR count). The Morgan fingerprint density at radius 3 is 2.84 bits per heavy atom. The monoisotopic (exact) mass is 477 g/mol. The molecular formula is C19H32IN3OS. The standard InChI is InChI=1S/C19H31N3OS.HI/c1-3-18-15-22(12-14-24-18)19(20-2)21-11-7-8-13-23-16-17-9-5-4-6-10-17;/h4-6,9-10,18H,3,7-8,11-16H2,1-2H3,(H,20,21);1H. The van der Waals surface area contributed by atoms with Crippen molar-refractivity contribution in [2.45, 2.75) is 38.0 Å². The van der Waals surface area contributed by atoms with E-state index in [1.165, 1.54) is 17.7 Å². The Balaban J connectivity index is 0.00000312. The molecule has 1 heterocycles. The SMILES string of the molecule is CCC1CN(C(=NC)NCCCCOCc2ccccc2)CCS1.I. The predicted molar refractivity (Wildman–Crippen MR) is 120 cm³/mol. The van der Waals surface area contributed by atoms with Crippen molar-refractivity contribution in [3.63, 3.8) is 0 Å². The minimum Gasteiger partial charge on any atom is -0.377 e. The number of thioether (sulfide) groups is 1. The van der Waals surface area contributed by atoms with Gasteiger partial charge in [0.25, 0.3) is 0 Å². The Kier molecular flexibility index (Phi) is 12.4. The van der Waals surface area contributed by atoms with Gasteiger partial charge in [-0.3, -0.25) is 4.99 Å². The number of ether oxygens (including phenoxy) is 1. The number of hydrogen-bond donors (Lipinski definition) is 1. The van der Waals surface area contributed by atoms with Crippen LogP contribution in [0.25, 0.3) is 0 Å². The number of aliphatic imine (C=N–C) groups is 1. The van der Waals surface area contributed by atoms with Gasteiger partial charge >= 0.3 is 0 Å². The molecule has 1 fully saturated rings. The van der Waals surface area contributed by atoms with Crippen molar-refractivity contribution < 1.29 is 4.74 Å².